The number of hydrogen-bond donors (Lipinski definition) is 3. The first-order chi connectivity index (χ1) is 13.1. The summed E-state index contributed by atoms with van der Waals surface area (Å²) in [6.07, 6.45) is -4.59. The molecular formula is C19H35F3N4O3. The Kier molecular flexibility index (Phi) is 10.1. The molecule has 0 spiro atoms. The summed E-state index contributed by atoms with van der Waals surface area (Å²) in [6.45, 7) is 14.3. The predicted molar refractivity (Wildman–Crippen MR) is 104 cm³/mol. The Labute approximate surface area is 170 Å². The number of nitrogens with zero attached hydrogens (tertiary/aromatic N) is 1. The van der Waals surface area contributed by atoms with Crippen molar-refractivity contribution in [2.75, 3.05) is 13.1 Å². The highest BCUT2D eigenvalue weighted by Gasteiger charge is 2.66. The van der Waals surface area contributed by atoms with E-state index in [2.05, 4.69) is 39.9 Å². The fourth-order valence-electron chi connectivity index (χ4n) is 3.46. The van der Waals surface area contributed by atoms with E-state index in [1.807, 2.05) is 6.92 Å². The first kappa shape index (κ1) is 27.2. The molecule has 3 unspecified atom stereocenters. The minimum absolute atomic E-state index is 0.0234. The lowest BCUT2D eigenvalue weighted by Crippen LogP contribution is -2.47. The number of fused-ring (bicyclic) bond motifs is 1. The van der Waals surface area contributed by atoms with Crippen molar-refractivity contribution in [2.24, 2.45) is 28.9 Å². The van der Waals surface area contributed by atoms with Crippen molar-refractivity contribution in [1.82, 2.24) is 15.5 Å². The molecule has 7 nitrogen and oxygen atoms in total. The van der Waals surface area contributed by atoms with Crippen LogP contribution in [0.5, 0.6) is 0 Å². The SMILES string of the molecule is CC(C)C.CC(N)NC=O.C[C@@H]1C2C(CN1C(=O)CNC(=O)C(F)(F)F)C2(C)C. The molecular weight excluding hydrogens is 389 g/mol. The second-order valence-corrected chi connectivity index (χ2v) is 8.73. The Morgan fingerprint density at radius 1 is 1.24 bits per heavy atom. The van der Waals surface area contributed by atoms with E-state index in [1.165, 1.54) is 0 Å². The van der Waals surface area contributed by atoms with Crippen molar-refractivity contribution < 1.29 is 27.6 Å². The predicted octanol–water partition coefficient (Wildman–Crippen LogP) is 1.87. The molecule has 4 N–H and O–H groups in total. The molecule has 2 rings (SSSR count). The maximum Gasteiger partial charge on any atom is 0.471 e. The van der Waals surface area contributed by atoms with E-state index >= 15 is 0 Å². The maximum atomic E-state index is 12.0. The number of nitrogens with two attached hydrogens (primary N) is 1. The van der Waals surface area contributed by atoms with Crippen molar-refractivity contribution in [1.29, 1.82) is 0 Å². The lowest BCUT2D eigenvalue weighted by Gasteiger charge is -2.28. The largest absolute Gasteiger partial charge is 0.471 e. The Hall–Kier alpha value is -1.84. The fourth-order valence-corrected chi connectivity index (χ4v) is 3.46. The van der Waals surface area contributed by atoms with Crippen LogP contribution in [0, 0.1) is 23.2 Å². The highest BCUT2D eigenvalue weighted by atomic mass is 19.4. The number of hydrogen-bond acceptors (Lipinski definition) is 4. The van der Waals surface area contributed by atoms with E-state index in [0.29, 0.717) is 24.8 Å². The summed E-state index contributed by atoms with van der Waals surface area (Å²) in [5.41, 5.74) is 5.27. The molecule has 170 valence electrons. The third-order valence-corrected chi connectivity index (χ3v) is 4.85. The van der Waals surface area contributed by atoms with Gasteiger partial charge in [0.15, 0.2) is 0 Å². The van der Waals surface area contributed by atoms with Crippen LogP contribution in [0.25, 0.3) is 0 Å². The summed E-state index contributed by atoms with van der Waals surface area (Å²) in [6, 6.07) is 0.0234. The summed E-state index contributed by atoms with van der Waals surface area (Å²) in [5.74, 6) is -0.856. The second kappa shape index (κ2) is 10.8. The standard InChI is InChI=1S/C12H17F3N2O2.C4H10.C3H8N2O/c1-6-9-7(11(9,2)3)5-17(6)8(18)4-16-10(19)12(13,14)15;1-4(2)3;1-3(4)5-2-6/h6-7,9H,4-5H2,1-3H3,(H,16,19);4H,1-3H3;2-3H,4H2,1H3,(H,5,6)/t6-,7?,9?;;/m1../s1. The van der Waals surface area contributed by atoms with Crippen LogP contribution in [0.2, 0.25) is 0 Å². The summed E-state index contributed by atoms with van der Waals surface area (Å²) >= 11 is 0. The Morgan fingerprint density at radius 2 is 1.72 bits per heavy atom. The molecule has 0 aromatic rings. The van der Waals surface area contributed by atoms with E-state index < -0.39 is 24.5 Å². The first-order valence-electron chi connectivity index (χ1n) is 9.67. The molecule has 2 aliphatic rings. The van der Waals surface area contributed by atoms with Gasteiger partial charge in [-0.05, 0) is 37.0 Å². The van der Waals surface area contributed by atoms with Crippen molar-refractivity contribution in [3.8, 4) is 0 Å². The van der Waals surface area contributed by atoms with E-state index in [4.69, 9.17) is 5.73 Å². The molecule has 2 fully saturated rings. The fraction of sp³-hybridized carbons (Fsp3) is 0.842. The van der Waals surface area contributed by atoms with Crippen LogP contribution in [0.3, 0.4) is 0 Å². The average molecular weight is 425 g/mol. The van der Waals surface area contributed by atoms with E-state index in [9.17, 15) is 27.6 Å². The van der Waals surface area contributed by atoms with Gasteiger partial charge < -0.3 is 21.3 Å². The number of amides is 3. The van der Waals surface area contributed by atoms with Crippen LogP contribution in [-0.4, -0.2) is 54.6 Å². The zero-order valence-electron chi connectivity index (χ0n) is 18.3. The Balaban J connectivity index is 0.000000654. The van der Waals surface area contributed by atoms with Crippen LogP contribution in [0.4, 0.5) is 13.2 Å². The molecule has 0 radical (unpaired) electrons. The zero-order valence-corrected chi connectivity index (χ0v) is 18.3. The summed E-state index contributed by atoms with van der Waals surface area (Å²) in [7, 11) is 0. The molecule has 1 saturated heterocycles. The summed E-state index contributed by atoms with van der Waals surface area (Å²) in [5, 5.41) is 3.92. The van der Waals surface area contributed by atoms with Gasteiger partial charge in [-0.15, -0.1) is 0 Å². The number of piperidine rings is 1. The Bertz CT molecular complexity index is 563. The molecule has 0 bridgehead atoms. The van der Waals surface area contributed by atoms with Crippen molar-refractivity contribution in [3.63, 3.8) is 0 Å². The number of likely N-dealkylation sites (tertiary alicyclic amines) is 1. The summed E-state index contributed by atoms with van der Waals surface area (Å²) in [4.78, 5) is 33.4. The third kappa shape index (κ3) is 8.59. The van der Waals surface area contributed by atoms with Gasteiger partial charge in [-0.25, -0.2) is 0 Å². The van der Waals surface area contributed by atoms with Gasteiger partial charge in [-0.3, -0.25) is 14.4 Å². The van der Waals surface area contributed by atoms with Gasteiger partial charge in [0.25, 0.3) is 0 Å². The van der Waals surface area contributed by atoms with E-state index in [0.717, 1.165) is 5.92 Å². The molecule has 1 aliphatic carbocycles. The lowest BCUT2D eigenvalue weighted by atomic mass is 10.0. The summed E-state index contributed by atoms with van der Waals surface area (Å²) < 4.78 is 36.0. The highest BCUT2D eigenvalue weighted by Crippen LogP contribution is 2.64. The molecule has 29 heavy (non-hydrogen) atoms. The van der Waals surface area contributed by atoms with Crippen molar-refractivity contribution >= 4 is 18.2 Å². The minimum atomic E-state index is -4.94. The number of nitrogens with one attached hydrogen (secondary N) is 2. The number of halogens is 3. The van der Waals surface area contributed by atoms with E-state index in [-0.39, 0.29) is 17.6 Å². The Morgan fingerprint density at radius 3 is 2.00 bits per heavy atom. The van der Waals surface area contributed by atoms with Gasteiger partial charge in [-0.1, -0.05) is 34.6 Å². The van der Waals surface area contributed by atoms with Gasteiger partial charge in [0.1, 0.15) is 0 Å². The smallest absolute Gasteiger partial charge is 0.344 e. The lowest BCUT2D eigenvalue weighted by molar-refractivity contribution is -0.174. The molecule has 3 amide bonds. The van der Waals surface area contributed by atoms with Crippen LogP contribution in [0.1, 0.15) is 48.5 Å². The maximum absolute atomic E-state index is 12.0. The normalized spacial score (nSPS) is 24.8. The van der Waals surface area contributed by atoms with Crippen molar-refractivity contribution in [3.05, 3.63) is 0 Å². The third-order valence-electron chi connectivity index (χ3n) is 4.85. The second-order valence-electron chi connectivity index (χ2n) is 8.73. The van der Waals surface area contributed by atoms with Gasteiger partial charge >= 0.3 is 12.1 Å². The van der Waals surface area contributed by atoms with Gasteiger partial charge in [0.2, 0.25) is 12.3 Å². The molecule has 10 heteroatoms. The molecule has 0 aromatic carbocycles. The highest BCUT2D eigenvalue weighted by molar-refractivity contribution is 5.87. The monoisotopic (exact) mass is 424 g/mol. The van der Waals surface area contributed by atoms with Gasteiger partial charge in [-0.2, -0.15) is 13.2 Å². The quantitative estimate of drug-likeness (QED) is 0.473. The van der Waals surface area contributed by atoms with Crippen LogP contribution < -0.4 is 16.4 Å². The van der Waals surface area contributed by atoms with Gasteiger partial charge in [0.05, 0.1) is 12.7 Å². The van der Waals surface area contributed by atoms with Crippen LogP contribution in [0.15, 0.2) is 0 Å². The number of alkyl halides is 3. The zero-order chi connectivity index (χ0) is 23.2. The average Bonchev–Trinajstić information content (AvgIpc) is 2.88. The minimum Gasteiger partial charge on any atom is -0.344 e. The molecule has 1 heterocycles. The first-order valence-corrected chi connectivity index (χ1v) is 9.67. The van der Waals surface area contributed by atoms with Crippen LogP contribution >= 0.6 is 0 Å². The van der Waals surface area contributed by atoms with Crippen LogP contribution in [-0.2, 0) is 14.4 Å². The molecule has 1 saturated carbocycles. The number of rotatable bonds is 4. The van der Waals surface area contributed by atoms with E-state index in [1.54, 1.807) is 17.1 Å². The molecule has 0 aromatic heterocycles. The molecule has 1 aliphatic heterocycles. The number of carbonyl (C=O) groups is 3. The van der Waals surface area contributed by atoms with Crippen molar-refractivity contribution in [2.45, 2.75) is 66.9 Å². The topological polar surface area (TPSA) is 105 Å². The number of carbonyl (C=O) groups excluding carboxylic acids is 3. The molecule has 4 atom stereocenters. The van der Waals surface area contributed by atoms with Gasteiger partial charge in [0, 0.05) is 12.6 Å².